The predicted octanol–water partition coefficient (Wildman–Crippen LogP) is 1.84. The number of para-hydroxylation sites is 1. The number of hydrogen-bond donors (Lipinski definition) is 1. The van der Waals surface area contributed by atoms with Gasteiger partial charge in [-0.2, -0.15) is 0 Å². The van der Waals surface area contributed by atoms with Crippen molar-refractivity contribution in [3.8, 4) is 5.75 Å². The molecule has 112 valence electrons. The number of aromatic nitrogens is 3. The molecule has 1 atom stereocenters. The summed E-state index contributed by atoms with van der Waals surface area (Å²) in [5.74, 6) is 1.32. The van der Waals surface area contributed by atoms with Gasteiger partial charge in [0.25, 0.3) is 0 Å². The zero-order valence-corrected chi connectivity index (χ0v) is 13.1. The fourth-order valence-electron chi connectivity index (χ4n) is 1.87. The molecule has 0 radical (unpaired) electrons. The van der Waals surface area contributed by atoms with Gasteiger partial charge in [0, 0.05) is 7.05 Å². The molecule has 6 nitrogen and oxygen atoms in total. The first-order valence-electron chi connectivity index (χ1n) is 6.51. The molecule has 2 rings (SSSR count). The van der Waals surface area contributed by atoms with E-state index in [9.17, 15) is 4.79 Å². The molecule has 0 aliphatic rings. The molecular formula is C14H18N4O2S. The number of primary amides is 1. The normalized spacial score (nSPS) is 12.1. The van der Waals surface area contributed by atoms with E-state index in [4.69, 9.17) is 10.5 Å². The van der Waals surface area contributed by atoms with Crippen molar-refractivity contribution in [3.05, 3.63) is 35.7 Å². The van der Waals surface area contributed by atoms with Gasteiger partial charge in [-0.15, -0.1) is 10.2 Å². The van der Waals surface area contributed by atoms with Crippen molar-refractivity contribution in [2.45, 2.75) is 25.1 Å². The maximum absolute atomic E-state index is 10.8. The molecule has 2 N–H and O–H groups in total. The van der Waals surface area contributed by atoms with Gasteiger partial charge < -0.3 is 15.0 Å². The van der Waals surface area contributed by atoms with Crippen molar-refractivity contribution in [1.29, 1.82) is 0 Å². The summed E-state index contributed by atoms with van der Waals surface area (Å²) in [7, 11) is 1.84. The minimum absolute atomic E-state index is 0.180. The largest absolute Gasteiger partial charge is 0.482 e. The van der Waals surface area contributed by atoms with Crippen LogP contribution in [-0.4, -0.2) is 26.4 Å². The SMILES string of the molecule is Cc1ccccc1OC(C)c1nnc(SCC(N)=O)n1C. The van der Waals surface area contributed by atoms with Crippen molar-refractivity contribution in [1.82, 2.24) is 14.8 Å². The average molecular weight is 306 g/mol. The highest BCUT2D eigenvalue weighted by atomic mass is 32.2. The van der Waals surface area contributed by atoms with Crippen LogP contribution in [0.1, 0.15) is 24.4 Å². The Morgan fingerprint density at radius 1 is 1.43 bits per heavy atom. The topological polar surface area (TPSA) is 83.0 Å². The second-order valence-corrected chi connectivity index (χ2v) is 5.62. The Hall–Kier alpha value is -2.02. The summed E-state index contributed by atoms with van der Waals surface area (Å²) in [6.45, 7) is 3.91. The summed E-state index contributed by atoms with van der Waals surface area (Å²) in [6.07, 6.45) is -0.244. The van der Waals surface area contributed by atoms with Gasteiger partial charge in [0.05, 0.1) is 5.75 Å². The maximum atomic E-state index is 10.8. The summed E-state index contributed by atoms with van der Waals surface area (Å²) < 4.78 is 7.74. The van der Waals surface area contributed by atoms with E-state index >= 15 is 0 Å². The Balaban J connectivity index is 2.11. The first-order chi connectivity index (χ1) is 9.99. The molecule has 0 aliphatic heterocycles. The molecule has 1 amide bonds. The highest BCUT2D eigenvalue weighted by Crippen LogP contribution is 2.25. The first kappa shape index (κ1) is 15.4. The van der Waals surface area contributed by atoms with Gasteiger partial charge >= 0.3 is 0 Å². The van der Waals surface area contributed by atoms with E-state index < -0.39 is 0 Å². The lowest BCUT2D eigenvalue weighted by molar-refractivity contribution is -0.115. The summed E-state index contributed by atoms with van der Waals surface area (Å²) in [6, 6.07) is 7.81. The molecule has 0 spiro atoms. The summed E-state index contributed by atoms with van der Waals surface area (Å²) in [5.41, 5.74) is 6.20. The zero-order chi connectivity index (χ0) is 15.4. The van der Waals surface area contributed by atoms with Crippen molar-refractivity contribution in [3.63, 3.8) is 0 Å². The van der Waals surface area contributed by atoms with Gasteiger partial charge in [-0.3, -0.25) is 4.79 Å². The van der Waals surface area contributed by atoms with Gasteiger partial charge in [0.2, 0.25) is 5.91 Å². The molecule has 0 aliphatic carbocycles. The smallest absolute Gasteiger partial charge is 0.227 e. The molecule has 2 aromatic rings. The highest BCUT2D eigenvalue weighted by Gasteiger charge is 2.18. The van der Waals surface area contributed by atoms with Crippen molar-refractivity contribution < 1.29 is 9.53 Å². The second kappa shape index (κ2) is 6.62. The minimum Gasteiger partial charge on any atom is -0.482 e. The van der Waals surface area contributed by atoms with Crippen LogP contribution < -0.4 is 10.5 Å². The highest BCUT2D eigenvalue weighted by molar-refractivity contribution is 7.99. The molecule has 7 heteroatoms. The van der Waals surface area contributed by atoms with Gasteiger partial charge in [-0.25, -0.2) is 0 Å². The predicted molar refractivity (Wildman–Crippen MR) is 81.1 cm³/mol. The van der Waals surface area contributed by atoms with Crippen LogP contribution in [0.4, 0.5) is 0 Å². The van der Waals surface area contributed by atoms with Crippen LogP contribution in [0.25, 0.3) is 0 Å². The Kier molecular flexibility index (Phi) is 4.85. The third-order valence-electron chi connectivity index (χ3n) is 2.97. The number of benzene rings is 1. The summed E-state index contributed by atoms with van der Waals surface area (Å²) in [5, 5.41) is 8.84. The number of hydrogen-bond acceptors (Lipinski definition) is 5. The number of aryl methyl sites for hydroxylation is 1. The molecule has 0 saturated carbocycles. The van der Waals surface area contributed by atoms with E-state index in [1.165, 1.54) is 11.8 Å². The summed E-state index contributed by atoms with van der Waals surface area (Å²) in [4.78, 5) is 10.8. The molecule has 1 unspecified atom stereocenters. The molecule has 1 aromatic carbocycles. The van der Waals surface area contributed by atoms with Gasteiger partial charge in [-0.05, 0) is 25.5 Å². The third-order valence-corrected chi connectivity index (χ3v) is 4.02. The lowest BCUT2D eigenvalue weighted by atomic mass is 10.2. The summed E-state index contributed by atoms with van der Waals surface area (Å²) >= 11 is 1.26. The Bertz CT molecular complexity index is 642. The van der Waals surface area contributed by atoms with Gasteiger partial charge in [0.15, 0.2) is 17.1 Å². The fourth-order valence-corrected chi connectivity index (χ4v) is 2.53. The average Bonchev–Trinajstić information content (AvgIpc) is 2.80. The van der Waals surface area contributed by atoms with E-state index in [0.717, 1.165) is 11.3 Å². The van der Waals surface area contributed by atoms with Crippen molar-refractivity contribution in [2.24, 2.45) is 12.8 Å². The second-order valence-electron chi connectivity index (χ2n) is 4.68. The van der Waals surface area contributed by atoms with Crippen molar-refractivity contribution in [2.75, 3.05) is 5.75 Å². The molecule has 0 saturated heterocycles. The monoisotopic (exact) mass is 306 g/mol. The number of nitrogens with zero attached hydrogens (tertiary/aromatic N) is 3. The van der Waals surface area contributed by atoms with Crippen LogP contribution in [0.2, 0.25) is 0 Å². The van der Waals surface area contributed by atoms with Crippen molar-refractivity contribution >= 4 is 17.7 Å². The maximum Gasteiger partial charge on any atom is 0.227 e. The van der Waals surface area contributed by atoms with Crippen LogP contribution >= 0.6 is 11.8 Å². The van der Waals surface area contributed by atoms with Gasteiger partial charge in [-0.1, -0.05) is 30.0 Å². The zero-order valence-electron chi connectivity index (χ0n) is 12.2. The minimum atomic E-state index is -0.381. The Labute approximate surface area is 127 Å². The number of carbonyl (C=O) groups excluding carboxylic acids is 1. The van der Waals surface area contributed by atoms with Crippen LogP contribution in [0, 0.1) is 6.92 Å². The molecule has 21 heavy (non-hydrogen) atoms. The first-order valence-corrected chi connectivity index (χ1v) is 7.50. The molecule has 0 bridgehead atoms. The number of rotatable bonds is 6. The van der Waals surface area contributed by atoms with Gasteiger partial charge in [0.1, 0.15) is 5.75 Å². The van der Waals surface area contributed by atoms with E-state index in [1.54, 1.807) is 0 Å². The van der Waals surface area contributed by atoms with Crippen LogP contribution in [-0.2, 0) is 11.8 Å². The quantitative estimate of drug-likeness (QED) is 0.823. The number of ether oxygens (including phenoxy) is 1. The lowest BCUT2D eigenvalue weighted by Crippen LogP contribution is -2.14. The Morgan fingerprint density at radius 2 is 2.14 bits per heavy atom. The van der Waals surface area contributed by atoms with E-state index in [0.29, 0.717) is 11.0 Å². The van der Waals surface area contributed by atoms with E-state index in [1.807, 2.05) is 49.7 Å². The van der Waals surface area contributed by atoms with E-state index in [-0.39, 0.29) is 17.8 Å². The number of thioether (sulfide) groups is 1. The fraction of sp³-hybridized carbons (Fsp3) is 0.357. The molecular weight excluding hydrogens is 288 g/mol. The lowest BCUT2D eigenvalue weighted by Gasteiger charge is -2.15. The Morgan fingerprint density at radius 3 is 2.81 bits per heavy atom. The molecule has 1 aromatic heterocycles. The molecule has 1 heterocycles. The molecule has 0 fully saturated rings. The van der Waals surface area contributed by atoms with Crippen LogP contribution in [0.15, 0.2) is 29.4 Å². The standard InChI is InChI=1S/C14H18N4O2S/c1-9-6-4-5-7-11(9)20-10(2)13-16-17-14(18(13)3)21-8-12(15)19/h4-7,10H,8H2,1-3H3,(H2,15,19). The number of carbonyl (C=O) groups is 1. The van der Waals surface area contributed by atoms with E-state index in [2.05, 4.69) is 10.2 Å². The van der Waals surface area contributed by atoms with Crippen LogP contribution in [0.3, 0.4) is 0 Å². The third kappa shape index (κ3) is 3.75. The number of amides is 1. The number of nitrogens with two attached hydrogens (primary N) is 1. The van der Waals surface area contributed by atoms with Crippen LogP contribution in [0.5, 0.6) is 5.75 Å².